The van der Waals surface area contributed by atoms with Crippen LogP contribution in [0.2, 0.25) is 0 Å². The molecule has 618 valence electrons. The monoisotopic (exact) mass is 1710 g/mol. The molecule has 0 atom stereocenters. The third kappa shape index (κ3) is 12.0. The summed E-state index contributed by atoms with van der Waals surface area (Å²) in [5, 5.41) is 32.1. The third-order valence-corrected chi connectivity index (χ3v) is 29.0. The maximum atomic E-state index is 6.47. The zero-order valence-electron chi connectivity index (χ0n) is 72.4. The molecule has 5 aromatic heterocycles. The van der Waals surface area contributed by atoms with Crippen molar-refractivity contribution in [2.24, 2.45) is 0 Å². The highest BCUT2D eigenvalue weighted by molar-refractivity contribution is 7.27. The van der Waals surface area contributed by atoms with Crippen molar-refractivity contribution >= 4 is 205 Å². The summed E-state index contributed by atoms with van der Waals surface area (Å²) in [6, 6.07) is 151. The molecule has 133 heavy (non-hydrogen) atoms. The Hall–Kier alpha value is -17.0. The van der Waals surface area contributed by atoms with Gasteiger partial charge in [0.1, 0.15) is 11.2 Å². The third-order valence-electron chi connectivity index (χ3n) is 27.8. The Morgan fingerprint density at radius 2 is 0.594 bits per heavy atom. The van der Waals surface area contributed by atoms with Gasteiger partial charge in [-0.1, -0.05) is 384 Å². The van der Waals surface area contributed by atoms with Gasteiger partial charge in [-0.25, -0.2) is 29.9 Å². The second-order valence-electron chi connectivity index (χ2n) is 35.6. The van der Waals surface area contributed by atoms with Crippen molar-refractivity contribution in [1.29, 1.82) is 0 Å². The number of fused-ring (bicyclic) bond motifs is 37. The summed E-state index contributed by atoms with van der Waals surface area (Å²) >= 11 is 1.90. The topological polar surface area (TPSA) is 90.5 Å². The van der Waals surface area contributed by atoms with E-state index in [9.17, 15) is 0 Å². The van der Waals surface area contributed by atoms with Crippen LogP contribution in [0.1, 0.15) is 25.0 Å². The van der Waals surface area contributed by atoms with Gasteiger partial charge in [-0.3, -0.25) is 0 Å². The minimum Gasteiger partial charge on any atom is -0.455 e. The molecule has 29 rings (SSSR count). The molecular weight excluding hydrogens is 1630 g/mol. The largest absolute Gasteiger partial charge is 0.455 e. The van der Waals surface area contributed by atoms with Crippen molar-refractivity contribution in [2.45, 2.75) is 19.3 Å². The Balaban J connectivity index is 0.000000102. The molecule has 0 bridgehead atoms. The molecule has 1 aliphatic carbocycles. The van der Waals surface area contributed by atoms with Crippen molar-refractivity contribution in [3.63, 3.8) is 0 Å². The number of hydrogen-bond acceptors (Lipinski definition) is 8. The molecule has 28 aromatic rings. The number of nitrogens with zero attached hydrogens (tertiary/aromatic N) is 6. The minimum absolute atomic E-state index is 0.0683. The van der Waals surface area contributed by atoms with Crippen molar-refractivity contribution in [3.05, 3.63) is 436 Å². The summed E-state index contributed by atoms with van der Waals surface area (Å²) in [5.74, 6) is 0. The Bertz CT molecular complexity index is 9440. The van der Waals surface area contributed by atoms with Crippen LogP contribution >= 0.6 is 11.3 Å². The van der Waals surface area contributed by atoms with E-state index in [2.05, 4.69) is 390 Å². The van der Waals surface area contributed by atoms with E-state index in [1.807, 2.05) is 59.9 Å². The van der Waals surface area contributed by atoms with Crippen LogP contribution in [0.5, 0.6) is 0 Å². The van der Waals surface area contributed by atoms with Crippen molar-refractivity contribution in [1.82, 2.24) is 29.9 Å². The molecule has 0 fully saturated rings. The molecule has 0 spiro atoms. The van der Waals surface area contributed by atoms with Gasteiger partial charge in [0.2, 0.25) is 0 Å². The summed E-state index contributed by atoms with van der Waals surface area (Å²) in [6.07, 6.45) is 0. The lowest BCUT2D eigenvalue weighted by Gasteiger charge is -2.24. The van der Waals surface area contributed by atoms with Crippen LogP contribution in [-0.2, 0) is 5.41 Å². The van der Waals surface area contributed by atoms with Gasteiger partial charge < -0.3 is 4.42 Å². The number of thiophene rings is 1. The van der Waals surface area contributed by atoms with Gasteiger partial charge in [0.15, 0.2) is 0 Å². The predicted octanol–water partition coefficient (Wildman–Crippen LogP) is 34.2. The van der Waals surface area contributed by atoms with Crippen LogP contribution < -0.4 is 0 Å². The zero-order chi connectivity index (χ0) is 87.7. The maximum Gasteiger partial charge on any atom is 0.143 e. The summed E-state index contributed by atoms with van der Waals surface area (Å²) in [7, 11) is 0. The second-order valence-corrected chi connectivity index (χ2v) is 36.6. The fraction of sp³-hybridized carbons (Fsp3) is 0.0240. The van der Waals surface area contributed by atoms with Crippen molar-refractivity contribution in [3.8, 4) is 78.7 Å². The molecule has 8 heteroatoms. The van der Waals surface area contributed by atoms with Crippen LogP contribution in [0.3, 0.4) is 0 Å². The van der Waals surface area contributed by atoms with Gasteiger partial charge in [-0.05, 0) is 174 Å². The summed E-state index contributed by atoms with van der Waals surface area (Å²) in [5.41, 5.74) is 24.5. The number of hydrogen-bond donors (Lipinski definition) is 0. The molecular formula is C125H76N6OS. The summed E-state index contributed by atoms with van der Waals surface area (Å²) < 4.78 is 9.16. The Kier molecular flexibility index (Phi) is 17.2. The molecule has 0 aliphatic heterocycles. The van der Waals surface area contributed by atoms with Gasteiger partial charge in [-0.15, -0.1) is 11.3 Å². The van der Waals surface area contributed by atoms with E-state index in [0.717, 1.165) is 144 Å². The second kappa shape index (κ2) is 30.0. The smallest absolute Gasteiger partial charge is 0.143 e. The molecule has 23 aromatic carbocycles. The Labute approximate surface area is 767 Å². The maximum absolute atomic E-state index is 6.47. The first kappa shape index (κ1) is 76.0. The van der Waals surface area contributed by atoms with Crippen LogP contribution in [0.15, 0.2) is 429 Å². The lowest BCUT2D eigenvalue weighted by atomic mass is 9.79. The minimum atomic E-state index is -0.0683. The van der Waals surface area contributed by atoms with E-state index in [1.165, 1.54) is 139 Å². The SMILES string of the molecule is CC1(C)c2ccccc2-c2c1c1ccccc1c1c2ccc2cc(-c3nc4ccccc4nc3-c3ccccc3)ccc21.c1ccc(-c2nc3ccc4ccccc4c3nc2-c2ccc3c(ccc4c3c3ccccc3c3oc5ccccc5c43)c2)cc1.c1ccc(-c2nc3ccc4ccccc4c3nc2-c2ccc3c(ccc4c3c3ccccc3c3sc5ccccc5c43)c2)cc1. The average molecular weight is 1710 g/mol. The number of aromatic nitrogens is 6. The fourth-order valence-electron chi connectivity index (χ4n) is 21.8. The van der Waals surface area contributed by atoms with Crippen LogP contribution in [-0.4, -0.2) is 29.9 Å². The van der Waals surface area contributed by atoms with Crippen LogP contribution in [0.25, 0.3) is 272 Å². The van der Waals surface area contributed by atoms with E-state index in [4.69, 9.17) is 34.3 Å². The Morgan fingerprint density at radius 3 is 1.14 bits per heavy atom. The number of benzene rings is 23. The summed E-state index contributed by atoms with van der Waals surface area (Å²) in [4.78, 5) is 31.5. The molecule has 0 amide bonds. The van der Waals surface area contributed by atoms with E-state index < -0.39 is 0 Å². The van der Waals surface area contributed by atoms with E-state index in [1.54, 1.807) is 0 Å². The molecule has 0 saturated heterocycles. The molecule has 1 aliphatic rings. The first-order valence-electron chi connectivity index (χ1n) is 45.4. The lowest BCUT2D eigenvalue weighted by Crippen LogP contribution is -2.15. The van der Waals surface area contributed by atoms with E-state index in [0.29, 0.717) is 0 Å². The van der Waals surface area contributed by atoms with Crippen LogP contribution in [0.4, 0.5) is 0 Å². The van der Waals surface area contributed by atoms with Crippen molar-refractivity contribution in [2.75, 3.05) is 0 Å². The van der Waals surface area contributed by atoms with Crippen LogP contribution in [0, 0.1) is 0 Å². The first-order chi connectivity index (χ1) is 65.7. The van der Waals surface area contributed by atoms with Gasteiger partial charge in [0, 0.05) is 91.3 Å². The number of rotatable bonds is 6. The molecule has 0 unspecified atom stereocenters. The van der Waals surface area contributed by atoms with Gasteiger partial charge in [0.05, 0.1) is 67.3 Å². The average Bonchev–Trinajstić information content (AvgIpc) is 1.55. The molecule has 5 heterocycles. The highest BCUT2D eigenvalue weighted by Crippen LogP contribution is 2.57. The standard InChI is InChI=1S/C42H24N2O.C42H24N2S.C41H28N2/c2*1-2-11-26(12-3-1)39-40(44-41-30-13-5-4-10-25(30)20-23-35(41)43-39)28-19-21-29-27(24-28)18-22-34-37(29)31-14-6-7-15-32(31)42-38(34)33-16-8-9-17-36(33)45-42;1-41(2)33-17-9-8-16-31(33)37-32-23-20-26-24-27(21-22-28(26)36(32)29-14-6-7-15-30(29)38(37)41)40-39(25-12-4-3-5-13-25)42-34-18-10-11-19-35(34)43-40/h2*1-24H;3-24H,1-2H3. The number of furan rings is 1. The lowest BCUT2D eigenvalue weighted by molar-refractivity contribution is 0.666. The van der Waals surface area contributed by atoms with Gasteiger partial charge in [0.25, 0.3) is 0 Å². The fourth-order valence-corrected chi connectivity index (χ4v) is 23.1. The van der Waals surface area contributed by atoms with Gasteiger partial charge in [-0.2, -0.15) is 0 Å². The van der Waals surface area contributed by atoms with E-state index in [-0.39, 0.29) is 5.41 Å². The van der Waals surface area contributed by atoms with Gasteiger partial charge >= 0.3 is 0 Å². The zero-order valence-corrected chi connectivity index (χ0v) is 73.2. The van der Waals surface area contributed by atoms with E-state index >= 15 is 0 Å². The molecule has 7 nitrogen and oxygen atoms in total. The normalized spacial score (nSPS) is 12.5. The quantitative estimate of drug-likeness (QED) is 0.153. The molecule has 0 saturated carbocycles. The highest BCUT2D eigenvalue weighted by atomic mass is 32.1. The summed E-state index contributed by atoms with van der Waals surface area (Å²) in [6.45, 7) is 4.75. The highest BCUT2D eigenvalue weighted by Gasteiger charge is 2.39. The molecule has 0 N–H and O–H groups in total. The van der Waals surface area contributed by atoms with Crippen molar-refractivity contribution < 1.29 is 4.42 Å². The predicted molar refractivity (Wildman–Crippen MR) is 562 cm³/mol. The number of para-hydroxylation sites is 3. The molecule has 0 radical (unpaired) electrons. The Morgan fingerprint density at radius 1 is 0.226 bits per heavy atom. The first-order valence-corrected chi connectivity index (χ1v) is 46.3.